The second-order valence-corrected chi connectivity index (χ2v) is 5.44. The first-order chi connectivity index (χ1) is 11.6. The lowest BCUT2D eigenvalue weighted by Gasteiger charge is -2.19. The number of carboxylic acid groups (broad SMARTS) is 1. The number of nitrogens with zero attached hydrogens (tertiary/aromatic N) is 3. The van der Waals surface area contributed by atoms with Crippen molar-refractivity contribution in [3.8, 4) is 0 Å². The predicted octanol–water partition coefficient (Wildman–Crippen LogP) is 2.54. The topological polar surface area (TPSA) is 88.8 Å². The van der Waals surface area contributed by atoms with E-state index in [0.29, 0.717) is 23.5 Å². The van der Waals surface area contributed by atoms with E-state index < -0.39 is 5.97 Å². The Hall–Kier alpha value is -2.93. The highest BCUT2D eigenvalue weighted by molar-refractivity contribution is 5.93. The zero-order chi connectivity index (χ0) is 17.1. The second kappa shape index (κ2) is 6.67. The van der Waals surface area contributed by atoms with Crippen LogP contribution in [0.15, 0.2) is 42.9 Å². The van der Waals surface area contributed by atoms with Gasteiger partial charge in [-0.2, -0.15) is 5.10 Å². The first kappa shape index (κ1) is 15.9. The molecule has 2 heterocycles. The van der Waals surface area contributed by atoms with Crippen molar-refractivity contribution in [1.29, 1.82) is 0 Å². The molecular formula is C17H18N4O3. The van der Waals surface area contributed by atoms with Gasteiger partial charge in [0, 0.05) is 13.3 Å². The summed E-state index contributed by atoms with van der Waals surface area (Å²) in [7, 11) is 1.64. The van der Waals surface area contributed by atoms with Crippen LogP contribution in [0.5, 0.6) is 0 Å². The summed E-state index contributed by atoms with van der Waals surface area (Å²) < 4.78 is 6.84. The maximum absolute atomic E-state index is 11.3. The van der Waals surface area contributed by atoms with E-state index in [0.717, 1.165) is 5.56 Å². The van der Waals surface area contributed by atoms with Gasteiger partial charge in [0.15, 0.2) is 5.82 Å². The molecule has 1 unspecified atom stereocenters. The molecule has 0 saturated heterocycles. The third-order valence-corrected chi connectivity index (χ3v) is 3.90. The number of anilines is 1. The monoisotopic (exact) mass is 326 g/mol. The van der Waals surface area contributed by atoms with E-state index in [-0.39, 0.29) is 11.6 Å². The SMILES string of the molecule is COCC(Nc1ncnn2cc(C(=O)O)c(C)c12)c1ccccc1. The third-order valence-electron chi connectivity index (χ3n) is 3.90. The van der Waals surface area contributed by atoms with Crippen molar-refractivity contribution in [2.45, 2.75) is 13.0 Å². The van der Waals surface area contributed by atoms with E-state index in [2.05, 4.69) is 15.4 Å². The number of aromatic carboxylic acids is 1. The molecule has 0 bridgehead atoms. The lowest BCUT2D eigenvalue weighted by Crippen LogP contribution is -2.17. The second-order valence-electron chi connectivity index (χ2n) is 5.44. The van der Waals surface area contributed by atoms with Gasteiger partial charge in [-0.3, -0.25) is 0 Å². The Morgan fingerprint density at radius 2 is 2.12 bits per heavy atom. The van der Waals surface area contributed by atoms with Crippen LogP contribution in [0.25, 0.3) is 5.52 Å². The van der Waals surface area contributed by atoms with Crippen LogP contribution in [0.2, 0.25) is 0 Å². The average Bonchev–Trinajstić information content (AvgIpc) is 2.93. The minimum absolute atomic E-state index is 0.113. The van der Waals surface area contributed by atoms with Gasteiger partial charge in [-0.1, -0.05) is 30.3 Å². The number of ether oxygens (including phenoxy) is 1. The standard InChI is InChI=1S/C17H18N4O3/c1-11-13(17(22)23)8-21-15(11)16(18-10-19-21)20-14(9-24-2)12-6-4-3-5-7-12/h3-8,10,14H,9H2,1-2H3,(H,22,23)(H,18,19,20). The molecule has 2 N–H and O–H groups in total. The zero-order valence-corrected chi connectivity index (χ0v) is 13.4. The Morgan fingerprint density at radius 1 is 1.38 bits per heavy atom. The Morgan fingerprint density at radius 3 is 2.79 bits per heavy atom. The lowest BCUT2D eigenvalue weighted by molar-refractivity contribution is 0.0696. The lowest BCUT2D eigenvalue weighted by atomic mass is 10.1. The molecule has 0 fully saturated rings. The highest BCUT2D eigenvalue weighted by atomic mass is 16.5. The number of aromatic nitrogens is 3. The number of aryl methyl sites for hydroxylation is 1. The van der Waals surface area contributed by atoms with Crippen molar-refractivity contribution in [2.24, 2.45) is 0 Å². The van der Waals surface area contributed by atoms with Crippen molar-refractivity contribution in [3.05, 3.63) is 59.5 Å². The molecule has 0 amide bonds. The molecular weight excluding hydrogens is 308 g/mol. The highest BCUT2D eigenvalue weighted by Crippen LogP contribution is 2.26. The van der Waals surface area contributed by atoms with E-state index in [9.17, 15) is 9.90 Å². The molecule has 24 heavy (non-hydrogen) atoms. The fourth-order valence-electron chi connectivity index (χ4n) is 2.72. The number of nitrogens with one attached hydrogen (secondary N) is 1. The van der Waals surface area contributed by atoms with E-state index in [1.165, 1.54) is 17.0 Å². The van der Waals surface area contributed by atoms with E-state index in [1.807, 2.05) is 30.3 Å². The van der Waals surface area contributed by atoms with Gasteiger partial charge in [0.2, 0.25) is 0 Å². The zero-order valence-electron chi connectivity index (χ0n) is 13.4. The van der Waals surface area contributed by atoms with Crippen molar-refractivity contribution in [3.63, 3.8) is 0 Å². The number of fused-ring (bicyclic) bond motifs is 1. The van der Waals surface area contributed by atoms with Crippen LogP contribution in [-0.4, -0.2) is 39.4 Å². The molecule has 124 valence electrons. The molecule has 7 heteroatoms. The van der Waals surface area contributed by atoms with Crippen molar-refractivity contribution in [1.82, 2.24) is 14.6 Å². The van der Waals surface area contributed by atoms with Crippen LogP contribution in [0.3, 0.4) is 0 Å². The Kier molecular flexibility index (Phi) is 4.43. The van der Waals surface area contributed by atoms with Crippen molar-refractivity contribution >= 4 is 17.3 Å². The van der Waals surface area contributed by atoms with Crippen LogP contribution in [0.1, 0.15) is 27.5 Å². The molecule has 0 aliphatic heterocycles. The number of carbonyl (C=O) groups is 1. The molecule has 0 aliphatic carbocycles. The van der Waals surface area contributed by atoms with Gasteiger partial charge in [0.1, 0.15) is 11.8 Å². The summed E-state index contributed by atoms with van der Waals surface area (Å²) in [6, 6.07) is 9.76. The van der Waals surface area contributed by atoms with E-state index in [4.69, 9.17) is 4.74 Å². The molecule has 0 spiro atoms. The van der Waals surface area contributed by atoms with Gasteiger partial charge in [0.25, 0.3) is 0 Å². The van der Waals surface area contributed by atoms with Gasteiger partial charge in [-0.05, 0) is 18.1 Å². The minimum atomic E-state index is -0.986. The van der Waals surface area contributed by atoms with Gasteiger partial charge < -0.3 is 15.2 Å². The number of methoxy groups -OCH3 is 1. The normalized spacial score (nSPS) is 12.2. The van der Waals surface area contributed by atoms with Crippen LogP contribution >= 0.6 is 0 Å². The largest absolute Gasteiger partial charge is 0.478 e. The molecule has 2 aromatic heterocycles. The van der Waals surface area contributed by atoms with Gasteiger partial charge >= 0.3 is 5.97 Å². The summed E-state index contributed by atoms with van der Waals surface area (Å²) in [6.45, 7) is 2.20. The molecule has 3 rings (SSSR count). The number of rotatable bonds is 6. The minimum Gasteiger partial charge on any atom is -0.478 e. The quantitative estimate of drug-likeness (QED) is 0.723. The third kappa shape index (κ3) is 2.93. The van der Waals surface area contributed by atoms with Gasteiger partial charge in [-0.15, -0.1) is 0 Å². The number of benzene rings is 1. The molecule has 0 saturated carbocycles. The average molecular weight is 326 g/mol. The molecule has 1 atom stereocenters. The highest BCUT2D eigenvalue weighted by Gasteiger charge is 2.19. The summed E-state index contributed by atoms with van der Waals surface area (Å²) in [5.74, 6) is -0.415. The molecule has 3 aromatic rings. The van der Waals surface area contributed by atoms with Crippen molar-refractivity contribution in [2.75, 3.05) is 19.0 Å². The summed E-state index contributed by atoms with van der Waals surface area (Å²) in [4.78, 5) is 15.6. The van der Waals surface area contributed by atoms with E-state index >= 15 is 0 Å². The molecule has 0 aliphatic rings. The first-order valence-electron chi connectivity index (χ1n) is 7.48. The summed E-state index contributed by atoms with van der Waals surface area (Å²) in [6.07, 6.45) is 2.89. The summed E-state index contributed by atoms with van der Waals surface area (Å²) in [5, 5.41) is 16.7. The number of carboxylic acids is 1. The predicted molar refractivity (Wildman–Crippen MR) is 89.4 cm³/mol. The number of hydrogen-bond donors (Lipinski definition) is 2. The summed E-state index contributed by atoms with van der Waals surface area (Å²) in [5.41, 5.74) is 2.53. The number of hydrogen-bond acceptors (Lipinski definition) is 5. The Labute approximate surface area is 138 Å². The van der Waals surface area contributed by atoms with Gasteiger partial charge in [0.05, 0.1) is 18.2 Å². The molecule has 0 radical (unpaired) electrons. The van der Waals surface area contributed by atoms with Crippen LogP contribution in [0, 0.1) is 6.92 Å². The maximum atomic E-state index is 11.3. The van der Waals surface area contributed by atoms with Crippen molar-refractivity contribution < 1.29 is 14.6 Å². The van der Waals surface area contributed by atoms with Crippen LogP contribution < -0.4 is 5.32 Å². The van der Waals surface area contributed by atoms with Crippen LogP contribution in [-0.2, 0) is 4.74 Å². The maximum Gasteiger partial charge on any atom is 0.337 e. The fraction of sp³-hybridized carbons (Fsp3) is 0.235. The van der Waals surface area contributed by atoms with E-state index in [1.54, 1.807) is 14.0 Å². The Bertz CT molecular complexity index is 861. The first-order valence-corrected chi connectivity index (χ1v) is 7.48. The van der Waals surface area contributed by atoms with Gasteiger partial charge in [-0.25, -0.2) is 14.3 Å². The summed E-state index contributed by atoms with van der Waals surface area (Å²) >= 11 is 0. The Balaban J connectivity index is 2.03. The fourth-order valence-corrected chi connectivity index (χ4v) is 2.72. The molecule has 1 aromatic carbocycles. The molecule has 7 nitrogen and oxygen atoms in total. The smallest absolute Gasteiger partial charge is 0.337 e. The van der Waals surface area contributed by atoms with Crippen LogP contribution in [0.4, 0.5) is 5.82 Å².